The molecule has 1 fully saturated rings. The number of carbonyl (C=O) groups is 1. The Labute approximate surface area is 497 Å². The summed E-state index contributed by atoms with van der Waals surface area (Å²) in [5.74, 6) is -0.195. The van der Waals surface area contributed by atoms with Gasteiger partial charge in [0.25, 0.3) is 0 Å². The number of amides is 1. The van der Waals surface area contributed by atoms with Crippen LogP contribution in [0.25, 0.3) is 0 Å². The number of nitrogens with one attached hydrogen (secondary N) is 1. The highest BCUT2D eigenvalue weighted by molar-refractivity contribution is 5.76. The van der Waals surface area contributed by atoms with Crippen LogP contribution in [-0.4, -0.2) is 87.5 Å². The van der Waals surface area contributed by atoms with E-state index in [9.17, 15) is 30.3 Å². The van der Waals surface area contributed by atoms with Crippen LogP contribution in [0.15, 0.2) is 109 Å². The van der Waals surface area contributed by atoms with Gasteiger partial charge in [-0.3, -0.25) is 4.79 Å². The van der Waals surface area contributed by atoms with Gasteiger partial charge in [-0.25, -0.2) is 0 Å². The molecule has 1 heterocycles. The van der Waals surface area contributed by atoms with Gasteiger partial charge in [-0.15, -0.1) is 0 Å². The molecular weight excluding hydrogens is 1010 g/mol. The molecule has 7 atom stereocenters. The fourth-order valence-electron chi connectivity index (χ4n) is 10.1. The predicted octanol–water partition coefficient (Wildman–Crippen LogP) is 18.1. The molecule has 7 unspecified atom stereocenters. The van der Waals surface area contributed by atoms with Gasteiger partial charge in [-0.1, -0.05) is 290 Å². The molecule has 1 amide bonds. The third-order valence-electron chi connectivity index (χ3n) is 15.3. The summed E-state index contributed by atoms with van der Waals surface area (Å²) in [5.41, 5.74) is 0. The maximum Gasteiger partial charge on any atom is 0.220 e. The van der Waals surface area contributed by atoms with E-state index in [1.165, 1.54) is 180 Å². The number of unbranched alkanes of at least 4 members (excludes halogenated alkanes) is 31. The average Bonchev–Trinajstić information content (AvgIpc) is 3.47. The van der Waals surface area contributed by atoms with E-state index in [2.05, 4.69) is 116 Å². The van der Waals surface area contributed by atoms with E-state index in [4.69, 9.17) is 9.47 Å². The molecule has 466 valence electrons. The first-order valence-electron chi connectivity index (χ1n) is 33.6. The average molecular weight is 1130 g/mol. The Morgan fingerprint density at radius 2 is 0.778 bits per heavy atom. The molecule has 1 aliphatic rings. The lowest BCUT2D eigenvalue weighted by atomic mass is 9.99. The van der Waals surface area contributed by atoms with Crippen molar-refractivity contribution in [3.05, 3.63) is 109 Å². The number of carbonyl (C=O) groups excluding carboxylic acids is 1. The molecule has 0 radical (unpaired) electrons. The molecule has 0 aromatic heterocycles. The highest BCUT2D eigenvalue weighted by Gasteiger charge is 2.44. The maximum atomic E-state index is 13.1. The Hall–Kier alpha value is -3.15. The Bertz CT molecular complexity index is 1640. The van der Waals surface area contributed by atoms with Crippen LogP contribution in [0.1, 0.15) is 284 Å². The Morgan fingerprint density at radius 3 is 1.19 bits per heavy atom. The standard InChI is InChI=1S/C72H125NO8/c1-3-5-7-9-11-13-15-17-19-21-23-25-27-29-31-32-33-34-36-38-40-42-44-46-48-50-52-54-56-58-60-62-68(76)73-65(64-80-72-71(79)70(78)69(77)67(63-74)81-72)66(75)61-59-57-55-53-51-49-47-45-43-41-39-37-35-30-28-26-24-22-20-18-16-14-12-10-8-6-4-2/h5,7,11,13,17,19,23,25,29,31,33-34,43,45,51,53,59,61,65-67,69-72,74-75,77-79H,3-4,6,8-10,12,14-16,18,20-22,24,26-28,30,32,35-42,44,46-50,52,54-58,60,62-64H2,1-2H3,(H,73,76)/b7-5-,13-11-,19-17-,25-23-,31-29-,34-33-,45-43+,53-51+,61-59+. The summed E-state index contributed by atoms with van der Waals surface area (Å²) < 4.78 is 11.3. The number of allylic oxidation sites excluding steroid dienone is 17. The Morgan fingerprint density at radius 1 is 0.432 bits per heavy atom. The van der Waals surface area contributed by atoms with Gasteiger partial charge < -0.3 is 40.3 Å². The van der Waals surface area contributed by atoms with Crippen molar-refractivity contribution in [2.24, 2.45) is 0 Å². The molecule has 9 heteroatoms. The van der Waals surface area contributed by atoms with Crippen LogP contribution < -0.4 is 5.32 Å². The van der Waals surface area contributed by atoms with Crippen molar-refractivity contribution >= 4 is 5.91 Å². The van der Waals surface area contributed by atoms with E-state index in [1.54, 1.807) is 6.08 Å². The number of rotatable bonds is 57. The SMILES string of the molecule is CC/C=C\C/C=C\C/C=C\C/C=C\C/C=C\C/C=C\CCCCCCCCCCCCCCC(=O)NC(COC1OC(CO)C(O)C(O)C1O)C(O)/C=C/CC/C=C/CC/C=C/CCCCCCCCCCCCCCCCCCC. The van der Waals surface area contributed by atoms with E-state index in [0.29, 0.717) is 6.42 Å². The van der Waals surface area contributed by atoms with Gasteiger partial charge in [0.2, 0.25) is 5.91 Å². The minimum atomic E-state index is -1.58. The first-order valence-corrected chi connectivity index (χ1v) is 33.6. The molecule has 6 N–H and O–H groups in total. The minimum Gasteiger partial charge on any atom is -0.394 e. The van der Waals surface area contributed by atoms with E-state index in [-0.39, 0.29) is 12.5 Å². The predicted molar refractivity (Wildman–Crippen MR) is 345 cm³/mol. The molecule has 0 bridgehead atoms. The second-order valence-corrected chi connectivity index (χ2v) is 22.9. The number of hydrogen-bond donors (Lipinski definition) is 6. The lowest BCUT2D eigenvalue weighted by Crippen LogP contribution is -2.60. The number of hydrogen-bond acceptors (Lipinski definition) is 8. The maximum absolute atomic E-state index is 13.1. The quantitative estimate of drug-likeness (QED) is 0.0261. The Kier molecular flexibility index (Phi) is 56.2. The highest BCUT2D eigenvalue weighted by Crippen LogP contribution is 2.23. The fraction of sp³-hybridized carbons (Fsp3) is 0.736. The Balaban J connectivity index is 2.20. The van der Waals surface area contributed by atoms with Crippen molar-refractivity contribution < 1.29 is 39.8 Å². The topological polar surface area (TPSA) is 149 Å². The second-order valence-electron chi connectivity index (χ2n) is 22.9. The lowest BCUT2D eigenvalue weighted by molar-refractivity contribution is -0.302. The van der Waals surface area contributed by atoms with Gasteiger partial charge in [0.15, 0.2) is 6.29 Å². The van der Waals surface area contributed by atoms with Gasteiger partial charge in [0.1, 0.15) is 24.4 Å². The summed E-state index contributed by atoms with van der Waals surface area (Å²) in [5, 5.41) is 54.7. The van der Waals surface area contributed by atoms with Gasteiger partial charge in [-0.05, 0) is 96.3 Å². The van der Waals surface area contributed by atoms with Crippen LogP contribution in [0.5, 0.6) is 0 Å². The highest BCUT2D eigenvalue weighted by atomic mass is 16.7. The van der Waals surface area contributed by atoms with E-state index < -0.39 is 49.5 Å². The molecule has 1 saturated heterocycles. The second kappa shape index (κ2) is 60.0. The van der Waals surface area contributed by atoms with E-state index in [0.717, 1.165) is 83.5 Å². The fourth-order valence-corrected chi connectivity index (χ4v) is 10.1. The molecule has 0 aliphatic carbocycles. The van der Waals surface area contributed by atoms with Crippen molar-refractivity contribution in [2.45, 2.75) is 326 Å². The molecule has 1 aliphatic heterocycles. The molecule has 0 aromatic carbocycles. The first kappa shape index (κ1) is 75.9. The molecule has 81 heavy (non-hydrogen) atoms. The van der Waals surface area contributed by atoms with Gasteiger partial charge in [-0.2, -0.15) is 0 Å². The number of aliphatic hydroxyl groups excluding tert-OH is 5. The van der Waals surface area contributed by atoms with E-state index >= 15 is 0 Å². The van der Waals surface area contributed by atoms with Crippen molar-refractivity contribution in [1.82, 2.24) is 5.32 Å². The van der Waals surface area contributed by atoms with Gasteiger partial charge in [0.05, 0.1) is 25.4 Å². The number of aliphatic hydroxyl groups is 5. The van der Waals surface area contributed by atoms with Crippen molar-refractivity contribution in [3.8, 4) is 0 Å². The third kappa shape index (κ3) is 48.9. The van der Waals surface area contributed by atoms with Crippen LogP contribution in [0.3, 0.4) is 0 Å². The van der Waals surface area contributed by atoms with Crippen molar-refractivity contribution in [2.75, 3.05) is 13.2 Å². The largest absolute Gasteiger partial charge is 0.394 e. The van der Waals surface area contributed by atoms with Crippen molar-refractivity contribution in [1.29, 1.82) is 0 Å². The molecule has 9 nitrogen and oxygen atoms in total. The van der Waals surface area contributed by atoms with Gasteiger partial charge >= 0.3 is 0 Å². The molecule has 1 rings (SSSR count). The zero-order valence-corrected chi connectivity index (χ0v) is 52.0. The normalized spacial score (nSPS) is 19.1. The van der Waals surface area contributed by atoms with Gasteiger partial charge in [0, 0.05) is 6.42 Å². The van der Waals surface area contributed by atoms with Crippen LogP contribution in [0, 0.1) is 0 Å². The molecular formula is C72H125NO8. The molecule has 0 saturated carbocycles. The zero-order valence-electron chi connectivity index (χ0n) is 52.0. The summed E-state index contributed by atoms with van der Waals surface area (Å²) in [6, 6.07) is -0.838. The van der Waals surface area contributed by atoms with E-state index in [1.807, 2.05) is 6.08 Å². The van der Waals surface area contributed by atoms with Crippen LogP contribution in [0.4, 0.5) is 0 Å². The monoisotopic (exact) mass is 1130 g/mol. The zero-order chi connectivity index (χ0) is 58.6. The smallest absolute Gasteiger partial charge is 0.220 e. The van der Waals surface area contributed by atoms with Crippen LogP contribution >= 0.6 is 0 Å². The first-order chi connectivity index (χ1) is 39.8. The summed E-state index contributed by atoms with van der Waals surface area (Å²) >= 11 is 0. The lowest BCUT2D eigenvalue weighted by Gasteiger charge is -2.40. The summed E-state index contributed by atoms with van der Waals surface area (Å²) in [7, 11) is 0. The minimum absolute atomic E-state index is 0.195. The summed E-state index contributed by atoms with van der Waals surface area (Å²) in [6.45, 7) is 3.66. The molecule has 0 spiro atoms. The van der Waals surface area contributed by atoms with Crippen LogP contribution in [-0.2, 0) is 14.3 Å². The summed E-state index contributed by atoms with van der Waals surface area (Å²) in [4.78, 5) is 13.1. The third-order valence-corrected chi connectivity index (χ3v) is 15.3. The summed E-state index contributed by atoms with van der Waals surface area (Å²) in [6.07, 6.45) is 81.8. The van der Waals surface area contributed by atoms with Crippen molar-refractivity contribution in [3.63, 3.8) is 0 Å². The molecule has 0 aromatic rings. The number of ether oxygens (including phenoxy) is 2. The van der Waals surface area contributed by atoms with Crippen LogP contribution in [0.2, 0.25) is 0 Å².